The van der Waals surface area contributed by atoms with Gasteiger partial charge in [0.1, 0.15) is 0 Å². The lowest BCUT2D eigenvalue weighted by molar-refractivity contribution is 0.373. The van der Waals surface area contributed by atoms with Crippen LogP contribution >= 0.6 is 11.6 Å². The van der Waals surface area contributed by atoms with Crippen molar-refractivity contribution >= 4 is 11.6 Å². The Labute approximate surface area is 144 Å². The Morgan fingerprint density at radius 1 is 1.52 bits per heavy atom. The number of aromatic hydroxyl groups is 1. The highest BCUT2D eigenvalue weighted by atomic mass is 35.5. The van der Waals surface area contributed by atoms with Crippen molar-refractivity contribution in [2.24, 2.45) is 0 Å². The second-order valence-electron chi connectivity index (χ2n) is 5.33. The lowest BCUT2D eigenvalue weighted by atomic mass is 10.1. The lowest BCUT2D eigenvalue weighted by Gasteiger charge is -2.15. The van der Waals surface area contributed by atoms with Crippen molar-refractivity contribution in [2.75, 3.05) is 13.7 Å². The number of allylic oxidation sites excluding steroid dienone is 2. The molecule has 0 saturated carbocycles. The number of rotatable bonds is 8. The van der Waals surface area contributed by atoms with Gasteiger partial charge in [0.2, 0.25) is 0 Å². The number of nitrogens with one attached hydrogen (secondary N) is 1. The fourth-order valence-electron chi connectivity index (χ4n) is 2.10. The summed E-state index contributed by atoms with van der Waals surface area (Å²) in [6.45, 7) is 4.81. The number of aryl methyl sites for hydroxylation is 1. The third kappa shape index (κ3) is 6.81. The second-order valence-corrected chi connectivity index (χ2v) is 5.73. The molecule has 1 rings (SSSR count). The number of phenolic OH excluding ortho intramolecular Hbond substituents is 1. The van der Waals surface area contributed by atoms with Crippen molar-refractivity contribution in [3.8, 4) is 23.8 Å². The molecule has 0 aliphatic heterocycles. The summed E-state index contributed by atoms with van der Waals surface area (Å²) in [6, 6.07) is 5.78. The molecule has 0 spiro atoms. The van der Waals surface area contributed by atoms with E-state index in [1.165, 1.54) is 0 Å². The normalized spacial score (nSPS) is 13.5. The molecule has 0 radical (unpaired) electrons. The molecule has 1 unspecified atom stereocenters. The third-order valence-corrected chi connectivity index (χ3v) is 3.80. The van der Waals surface area contributed by atoms with E-state index >= 15 is 0 Å². The topological polar surface area (TPSA) is 41.5 Å². The van der Waals surface area contributed by atoms with Crippen molar-refractivity contribution in [3.05, 3.63) is 46.5 Å². The summed E-state index contributed by atoms with van der Waals surface area (Å²) in [7, 11) is 1.55. The van der Waals surface area contributed by atoms with Gasteiger partial charge in [-0.1, -0.05) is 29.7 Å². The largest absolute Gasteiger partial charge is 0.504 e. The predicted molar refractivity (Wildman–Crippen MR) is 97.0 cm³/mol. The van der Waals surface area contributed by atoms with E-state index in [1.54, 1.807) is 19.3 Å². The van der Waals surface area contributed by atoms with Crippen molar-refractivity contribution in [1.82, 2.24) is 5.32 Å². The standard InChI is InChI=1S/C19H24ClNO2/c1-5-15(11-17(20)6-2)13-21-14(3)7-8-16-9-10-18(22)19(12-16)23-4/h2,5,9-12,14,21-22H,7-8,13H2,1,3-4H3/b15-5+,17-11+. The molecule has 23 heavy (non-hydrogen) atoms. The Morgan fingerprint density at radius 2 is 2.26 bits per heavy atom. The fraction of sp³-hybridized carbons (Fsp3) is 0.368. The van der Waals surface area contributed by atoms with E-state index in [4.69, 9.17) is 22.8 Å². The highest BCUT2D eigenvalue weighted by Gasteiger charge is 2.06. The van der Waals surface area contributed by atoms with Gasteiger partial charge in [-0.15, -0.1) is 6.42 Å². The van der Waals surface area contributed by atoms with Gasteiger partial charge in [-0.2, -0.15) is 0 Å². The summed E-state index contributed by atoms with van der Waals surface area (Å²) in [4.78, 5) is 0. The molecule has 0 aliphatic carbocycles. The summed E-state index contributed by atoms with van der Waals surface area (Å²) in [5.41, 5.74) is 2.20. The van der Waals surface area contributed by atoms with Gasteiger partial charge in [-0.3, -0.25) is 0 Å². The van der Waals surface area contributed by atoms with E-state index in [0.29, 0.717) is 23.4 Å². The molecule has 1 aromatic carbocycles. The molecule has 0 fully saturated rings. The van der Waals surface area contributed by atoms with Crippen molar-refractivity contribution in [3.63, 3.8) is 0 Å². The quantitative estimate of drug-likeness (QED) is 0.558. The molecule has 4 heteroatoms. The predicted octanol–water partition coefficient (Wildman–Crippen LogP) is 4.01. The van der Waals surface area contributed by atoms with Crippen molar-refractivity contribution in [2.45, 2.75) is 32.7 Å². The number of halogens is 1. The van der Waals surface area contributed by atoms with Crippen LogP contribution in [-0.2, 0) is 6.42 Å². The molecule has 0 aliphatic rings. The highest BCUT2D eigenvalue weighted by molar-refractivity contribution is 6.32. The minimum absolute atomic E-state index is 0.164. The van der Waals surface area contributed by atoms with E-state index in [-0.39, 0.29) is 5.75 Å². The van der Waals surface area contributed by atoms with Crippen LogP contribution in [0.25, 0.3) is 0 Å². The first-order valence-corrected chi connectivity index (χ1v) is 7.96. The van der Waals surface area contributed by atoms with Gasteiger partial charge in [0.25, 0.3) is 0 Å². The molecule has 3 nitrogen and oxygen atoms in total. The molecule has 1 atom stereocenters. The molecule has 0 amide bonds. The van der Waals surface area contributed by atoms with Crippen LogP contribution in [0.4, 0.5) is 0 Å². The molecule has 0 aromatic heterocycles. The number of phenols is 1. The first-order valence-electron chi connectivity index (χ1n) is 7.58. The zero-order valence-corrected chi connectivity index (χ0v) is 14.7. The van der Waals surface area contributed by atoms with Crippen LogP contribution in [-0.4, -0.2) is 24.8 Å². The summed E-state index contributed by atoms with van der Waals surface area (Å²) >= 11 is 5.86. The minimum Gasteiger partial charge on any atom is -0.504 e. The summed E-state index contributed by atoms with van der Waals surface area (Å²) in [6.07, 6.45) is 10.9. The second kappa shape index (κ2) is 9.99. The molecular weight excluding hydrogens is 310 g/mol. The average Bonchev–Trinajstić information content (AvgIpc) is 2.57. The van der Waals surface area contributed by atoms with Gasteiger partial charge < -0.3 is 15.2 Å². The molecule has 1 aromatic rings. The van der Waals surface area contributed by atoms with E-state index in [2.05, 4.69) is 18.2 Å². The van der Waals surface area contributed by atoms with Crippen LogP contribution in [0.3, 0.4) is 0 Å². The van der Waals surface area contributed by atoms with Crippen LogP contribution in [0.5, 0.6) is 11.5 Å². The van der Waals surface area contributed by atoms with Crippen LogP contribution in [0.1, 0.15) is 25.8 Å². The number of benzene rings is 1. The van der Waals surface area contributed by atoms with Crippen molar-refractivity contribution in [1.29, 1.82) is 0 Å². The monoisotopic (exact) mass is 333 g/mol. The van der Waals surface area contributed by atoms with E-state index < -0.39 is 0 Å². The Morgan fingerprint density at radius 3 is 2.87 bits per heavy atom. The van der Waals surface area contributed by atoms with Gasteiger partial charge in [-0.25, -0.2) is 0 Å². The summed E-state index contributed by atoms with van der Waals surface area (Å²) in [5.74, 6) is 3.08. The highest BCUT2D eigenvalue weighted by Crippen LogP contribution is 2.26. The van der Waals surface area contributed by atoms with Crippen LogP contribution in [0.15, 0.2) is 41.0 Å². The molecule has 0 heterocycles. The van der Waals surface area contributed by atoms with Crippen LogP contribution in [0, 0.1) is 12.3 Å². The molecule has 2 N–H and O–H groups in total. The Hall–Kier alpha value is -1.89. The third-order valence-electron chi connectivity index (χ3n) is 3.59. The van der Waals surface area contributed by atoms with E-state index in [0.717, 1.165) is 24.0 Å². The number of hydrogen-bond acceptors (Lipinski definition) is 3. The van der Waals surface area contributed by atoms with Gasteiger partial charge in [0.15, 0.2) is 11.5 Å². The van der Waals surface area contributed by atoms with Crippen LogP contribution < -0.4 is 10.1 Å². The Bertz CT molecular complexity index is 614. The lowest BCUT2D eigenvalue weighted by Crippen LogP contribution is -2.28. The first-order chi connectivity index (χ1) is 11.0. The van der Waals surface area contributed by atoms with Crippen LogP contribution in [0.2, 0.25) is 0 Å². The average molecular weight is 334 g/mol. The maximum atomic E-state index is 9.60. The maximum Gasteiger partial charge on any atom is 0.160 e. The number of hydrogen-bond donors (Lipinski definition) is 2. The summed E-state index contributed by atoms with van der Waals surface area (Å²) in [5, 5.41) is 13.5. The zero-order valence-electron chi connectivity index (χ0n) is 13.9. The molecule has 124 valence electrons. The molecular formula is C19H24ClNO2. The maximum absolute atomic E-state index is 9.60. The van der Waals surface area contributed by atoms with E-state index in [1.807, 2.05) is 25.1 Å². The van der Waals surface area contributed by atoms with Crippen molar-refractivity contribution < 1.29 is 9.84 Å². The number of ether oxygens (including phenoxy) is 1. The van der Waals surface area contributed by atoms with Gasteiger partial charge >= 0.3 is 0 Å². The Balaban J connectivity index is 2.48. The van der Waals surface area contributed by atoms with Gasteiger partial charge in [0, 0.05) is 12.6 Å². The number of methoxy groups -OCH3 is 1. The van der Waals surface area contributed by atoms with Gasteiger partial charge in [0.05, 0.1) is 12.1 Å². The smallest absolute Gasteiger partial charge is 0.160 e. The van der Waals surface area contributed by atoms with Gasteiger partial charge in [-0.05, 0) is 56.0 Å². The summed E-state index contributed by atoms with van der Waals surface area (Å²) < 4.78 is 5.13. The zero-order chi connectivity index (χ0) is 17.2. The number of terminal acetylenes is 1. The fourth-order valence-corrected chi connectivity index (χ4v) is 2.24. The first kappa shape index (κ1) is 19.2. The van der Waals surface area contributed by atoms with E-state index in [9.17, 15) is 5.11 Å². The SMILES string of the molecule is C#C/C(Cl)=C\C(=C/C)CNC(C)CCc1ccc(O)c(OC)c1. The minimum atomic E-state index is 0.164. The molecule has 0 saturated heterocycles. The molecule has 0 bridgehead atoms. The Kier molecular flexibility index (Phi) is 8.32.